The predicted molar refractivity (Wildman–Crippen MR) is 65.6 cm³/mol. The summed E-state index contributed by atoms with van der Waals surface area (Å²) in [6.07, 6.45) is 1.46. The van der Waals surface area contributed by atoms with E-state index in [4.69, 9.17) is 5.73 Å². The lowest BCUT2D eigenvalue weighted by molar-refractivity contribution is 0.0942. The van der Waals surface area contributed by atoms with Crippen molar-refractivity contribution in [3.05, 3.63) is 28.0 Å². The minimum Gasteiger partial charge on any atom is -0.396 e. The molecule has 0 bridgehead atoms. The molecule has 2 aromatic heterocycles. The van der Waals surface area contributed by atoms with Gasteiger partial charge in [-0.15, -0.1) is 11.3 Å². The number of carbonyl (C=O) groups is 1. The minimum absolute atomic E-state index is 0.240. The lowest BCUT2D eigenvalue weighted by atomic mass is 10.3. The fraction of sp³-hybridized carbons (Fsp3) is 0.300. The Morgan fingerprint density at radius 3 is 2.94 bits per heavy atom. The number of nitrogens with two attached hydrogens (primary N) is 1. The molecule has 0 aliphatic heterocycles. The molecule has 0 aromatic carbocycles. The number of nitrogens with zero attached hydrogens (tertiary/aromatic N) is 3. The van der Waals surface area contributed by atoms with Crippen LogP contribution in [0.3, 0.4) is 0 Å². The van der Waals surface area contributed by atoms with E-state index in [-0.39, 0.29) is 5.91 Å². The largest absolute Gasteiger partial charge is 0.396 e. The molecule has 0 radical (unpaired) electrons. The summed E-state index contributed by atoms with van der Waals surface area (Å²) in [7, 11) is 1.68. The van der Waals surface area contributed by atoms with E-state index in [0.717, 1.165) is 10.7 Å². The molecule has 6 nitrogen and oxygen atoms in total. The standard InChI is InChI=1S/C10H13N5OS/c1-6-5-17-8(14-6)4-12-10(16)9-7(11)3-13-15(9)2/h3,5H,4,11H2,1-2H3,(H,12,16). The van der Waals surface area contributed by atoms with E-state index in [9.17, 15) is 4.79 Å². The van der Waals surface area contributed by atoms with Crippen molar-refractivity contribution in [3.63, 3.8) is 0 Å². The molecule has 0 fully saturated rings. The second kappa shape index (κ2) is 4.54. The number of thiazole rings is 1. The van der Waals surface area contributed by atoms with Gasteiger partial charge in [-0.2, -0.15) is 5.10 Å². The number of amides is 1. The van der Waals surface area contributed by atoms with Gasteiger partial charge in [0.15, 0.2) is 0 Å². The van der Waals surface area contributed by atoms with Crippen molar-refractivity contribution < 1.29 is 4.79 Å². The highest BCUT2D eigenvalue weighted by Gasteiger charge is 2.14. The molecule has 0 aliphatic carbocycles. The van der Waals surface area contributed by atoms with E-state index >= 15 is 0 Å². The van der Waals surface area contributed by atoms with Crippen molar-refractivity contribution in [2.75, 3.05) is 5.73 Å². The van der Waals surface area contributed by atoms with E-state index in [2.05, 4.69) is 15.4 Å². The second-order valence-corrected chi connectivity index (χ2v) is 4.58. The van der Waals surface area contributed by atoms with Crippen LogP contribution in [0.2, 0.25) is 0 Å². The van der Waals surface area contributed by atoms with E-state index in [1.54, 1.807) is 7.05 Å². The molecule has 2 heterocycles. The smallest absolute Gasteiger partial charge is 0.272 e. The number of hydrogen-bond donors (Lipinski definition) is 2. The first-order chi connectivity index (χ1) is 8.08. The maximum absolute atomic E-state index is 11.9. The van der Waals surface area contributed by atoms with Crippen molar-refractivity contribution in [1.82, 2.24) is 20.1 Å². The van der Waals surface area contributed by atoms with E-state index in [1.807, 2.05) is 12.3 Å². The number of hydrogen-bond acceptors (Lipinski definition) is 5. The van der Waals surface area contributed by atoms with Crippen LogP contribution in [0.5, 0.6) is 0 Å². The van der Waals surface area contributed by atoms with Gasteiger partial charge in [0.1, 0.15) is 10.7 Å². The molecule has 0 spiro atoms. The molecule has 0 saturated carbocycles. The molecule has 0 saturated heterocycles. The lowest BCUT2D eigenvalue weighted by Crippen LogP contribution is -2.26. The van der Waals surface area contributed by atoms with Crippen LogP contribution in [0.4, 0.5) is 5.69 Å². The molecule has 0 unspecified atom stereocenters. The Morgan fingerprint density at radius 1 is 1.65 bits per heavy atom. The van der Waals surface area contributed by atoms with Gasteiger partial charge in [0.25, 0.3) is 5.91 Å². The molecular weight excluding hydrogens is 238 g/mol. The summed E-state index contributed by atoms with van der Waals surface area (Å²) in [6, 6.07) is 0. The molecule has 17 heavy (non-hydrogen) atoms. The highest BCUT2D eigenvalue weighted by atomic mass is 32.1. The Kier molecular flexibility index (Phi) is 3.10. The first-order valence-electron chi connectivity index (χ1n) is 5.04. The fourth-order valence-electron chi connectivity index (χ4n) is 1.46. The van der Waals surface area contributed by atoms with Crippen LogP contribution in [0.1, 0.15) is 21.2 Å². The highest BCUT2D eigenvalue weighted by Crippen LogP contribution is 2.11. The third kappa shape index (κ3) is 2.44. The Bertz CT molecular complexity index is 525. The van der Waals surface area contributed by atoms with Gasteiger partial charge in [0.2, 0.25) is 0 Å². The van der Waals surface area contributed by atoms with Crippen molar-refractivity contribution in [2.45, 2.75) is 13.5 Å². The SMILES string of the molecule is Cc1csc(CNC(=O)c2c(N)cnn2C)n1. The molecule has 2 rings (SSSR count). The summed E-state index contributed by atoms with van der Waals surface area (Å²) in [5.74, 6) is -0.240. The highest BCUT2D eigenvalue weighted by molar-refractivity contribution is 7.09. The molecule has 0 aliphatic rings. The Morgan fingerprint density at radius 2 is 2.41 bits per heavy atom. The fourth-order valence-corrected chi connectivity index (χ4v) is 2.17. The summed E-state index contributed by atoms with van der Waals surface area (Å²) < 4.78 is 1.46. The topological polar surface area (TPSA) is 85.8 Å². The number of nitrogen functional groups attached to an aromatic ring is 1. The summed E-state index contributed by atoms with van der Waals surface area (Å²) >= 11 is 1.52. The third-order valence-corrected chi connectivity index (χ3v) is 3.22. The van der Waals surface area contributed by atoms with E-state index < -0.39 is 0 Å². The minimum atomic E-state index is -0.240. The zero-order valence-corrected chi connectivity index (χ0v) is 10.4. The molecule has 2 aromatic rings. The Labute approximate surface area is 102 Å². The van der Waals surface area contributed by atoms with Crippen LogP contribution in [0.25, 0.3) is 0 Å². The first kappa shape index (κ1) is 11.6. The lowest BCUT2D eigenvalue weighted by Gasteiger charge is -2.04. The number of rotatable bonds is 3. The van der Waals surface area contributed by atoms with Crippen LogP contribution in [0, 0.1) is 6.92 Å². The van der Waals surface area contributed by atoms with Gasteiger partial charge in [-0.1, -0.05) is 0 Å². The first-order valence-corrected chi connectivity index (χ1v) is 5.92. The zero-order chi connectivity index (χ0) is 12.4. The molecule has 0 atom stereocenters. The van der Waals surface area contributed by atoms with Gasteiger partial charge in [-0.3, -0.25) is 9.48 Å². The van der Waals surface area contributed by atoms with Crippen LogP contribution < -0.4 is 11.1 Å². The Hall–Kier alpha value is -1.89. The van der Waals surface area contributed by atoms with Gasteiger partial charge in [0, 0.05) is 18.1 Å². The molecular formula is C10H13N5OS. The summed E-state index contributed by atoms with van der Waals surface area (Å²) in [5, 5.41) is 9.49. The quantitative estimate of drug-likeness (QED) is 0.840. The number of aryl methyl sites for hydroxylation is 2. The van der Waals surface area contributed by atoms with Crippen LogP contribution in [-0.4, -0.2) is 20.7 Å². The average molecular weight is 251 g/mol. The molecule has 1 amide bonds. The van der Waals surface area contributed by atoms with Crippen LogP contribution in [0.15, 0.2) is 11.6 Å². The van der Waals surface area contributed by atoms with E-state index in [1.165, 1.54) is 22.2 Å². The van der Waals surface area contributed by atoms with Gasteiger partial charge >= 0.3 is 0 Å². The molecule has 7 heteroatoms. The van der Waals surface area contributed by atoms with Crippen molar-refractivity contribution in [3.8, 4) is 0 Å². The monoisotopic (exact) mass is 251 g/mol. The number of nitrogens with one attached hydrogen (secondary N) is 1. The molecule has 90 valence electrons. The maximum atomic E-state index is 11.9. The zero-order valence-electron chi connectivity index (χ0n) is 9.60. The summed E-state index contributed by atoms with van der Waals surface area (Å²) in [5.41, 5.74) is 7.36. The Balaban J connectivity index is 2.03. The van der Waals surface area contributed by atoms with Gasteiger partial charge in [-0.05, 0) is 6.92 Å². The van der Waals surface area contributed by atoms with Crippen molar-refractivity contribution in [2.24, 2.45) is 7.05 Å². The normalized spacial score (nSPS) is 10.5. The van der Waals surface area contributed by atoms with Gasteiger partial charge in [-0.25, -0.2) is 4.98 Å². The molecule has 3 N–H and O–H groups in total. The van der Waals surface area contributed by atoms with Crippen molar-refractivity contribution in [1.29, 1.82) is 0 Å². The van der Waals surface area contributed by atoms with Gasteiger partial charge in [0.05, 0.1) is 18.4 Å². The second-order valence-electron chi connectivity index (χ2n) is 3.64. The summed E-state index contributed by atoms with van der Waals surface area (Å²) in [6.45, 7) is 2.32. The van der Waals surface area contributed by atoms with Crippen LogP contribution in [-0.2, 0) is 13.6 Å². The van der Waals surface area contributed by atoms with Crippen LogP contribution >= 0.6 is 11.3 Å². The predicted octanol–water partition coefficient (Wildman–Crippen LogP) is 0.697. The summed E-state index contributed by atoms with van der Waals surface area (Å²) in [4.78, 5) is 16.1. The van der Waals surface area contributed by atoms with E-state index in [0.29, 0.717) is 17.9 Å². The average Bonchev–Trinajstić information content (AvgIpc) is 2.83. The maximum Gasteiger partial charge on any atom is 0.272 e. The third-order valence-electron chi connectivity index (χ3n) is 2.25. The number of anilines is 1. The van der Waals surface area contributed by atoms with Crippen molar-refractivity contribution >= 4 is 22.9 Å². The number of carbonyl (C=O) groups excluding carboxylic acids is 1. The number of aromatic nitrogens is 3. The van der Waals surface area contributed by atoms with Gasteiger partial charge < -0.3 is 11.1 Å².